The molecule has 0 saturated carbocycles. The zero-order chi connectivity index (χ0) is 16.1. The SMILES string of the molecule is COc1ccc(C)cc1NC(=O)C=Cc1c(Cl)cccc1Cl. The van der Waals surface area contributed by atoms with Crippen molar-refractivity contribution >= 4 is 40.9 Å². The van der Waals surface area contributed by atoms with Crippen LogP contribution in [0.5, 0.6) is 5.75 Å². The average molecular weight is 336 g/mol. The second-order valence-corrected chi connectivity index (χ2v) is 5.48. The first-order valence-electron chi connectivity index (χ1n) is 6.59. The third-order valence-electron chi connectivity index (χ3n) is 3.01. The second kappa shape index (κ2) is 7.34. The Balaban J connectivity index is 2.17. The molecule has 0 unspecified atom stereocenters. The highest BCUT2D eigenvalue weighted by Crippen LogP contribution is 2.27. The molecule has 2 aromatic carbocycles. The Hall–Kier alpha value is -1.97. The van der Waals surface area contributed by atoms with Crippen molar-refractivity contribution in [1.82, 2.24) is 0 Å². The van der Waals surface area contributed by atoms with E-state index in [1.54, 1.807) is 37.5 Å². The predicted molar refractivity (Wildman–Crippen MR) is 91.9 cm³/mol. The topological polar surface area (TPSA) is 38.3 Å². The van der Waals surface area contributed by atoms with Crippen molar-refractivity contribution in [3.63, 3.8) is 0 Å². The largest absolute Gasteiger partial charge is 0.495 e. The molecular formula is C17H15Cl2NO2. The van der Waals surface area contributed by atoms with Crippen molar-refractivity contribution in [1.29, 1.82) is 0 Å². The lowest BCUT2D eigenvalue weighted by Crippen LogP contribution is -2.09. The highest BCUT2D eigenvalue weighted by Gasteiger charge is 2.07. The fraction of sp³-hybridized carbons (Fsp3) is 0.118. The molecule has 22 heavy (non-hydrogen) atoms. The van der Waals surface area contributed by atoms with Crippen molar-refractivity contribution in [3.8, 4) is 5.75 Å². The highest BCUT2D eigenvalue weighted by molar-refractivity contribution is 6.37. The quantitative estimate of drug-likeness (QED) is 0.801. The summed E-state index contributed by atoms with van der Waals surface area (Å²) in [5, 5.41) is 3.76. The van der Waals surface area contributed by atoms with Crippen LogP contribution in [-0.2, 0) is 4.79 Å². The number of hydrogen-bond donors (Lipinski definition) is 1. The van der Waals surface area contributed by atoms with E-state index in [1.807, 2.05) is 19.1 Å². The number of aryl methyl sites for hydroxylation is 1. The molecule has 0 aliphatic heterocycles. The molecule has 0 saturated heterocycles. The molecule has 0 spiro atoms. The Kier molecular flexibility index (Phi) is 5.47. The van der Waals surface area contributed by atoms with Crippen molar-refractivity contribution in [3.05, 3.63) is 63.6 Å². The Morgan fingerprint density at radius 3 is 2.50 bits per heavy atom. The van der Waals surface area contributed by atoms with E-state index in [9.17, 15) is 4.79 Å². The first kappa shape index (κ1) is 16.4. The van der Waals surface area contributed by atoms with Gasteiger partial charge < -0.3 is 10.1 Å². The lowest BCUT2D eigenvalue weighted by molar-refractivity contribution is -0.111. The van der Waals surface area contributed by atoms with Gasteiger partial charge in [0.2, 0.25) is 5.91 Å². The zero-order valence-corrected chi connectivity index (χ0v) is 13.7. The summed E-state index contributed by atoms with van der Waals surface area (Å²) in [5.74, 6) is 0.308. The van der Waals surface area contributed by atoms with E-state index in [0.717, 1.165) is 5.56 Å². The van der Waals surface area contributed by atoms with Crippen LogP contribution in [-0.4, -0.2) is 13.0 Å². The monoisotopic (exact) mass is 335 g/mol. The number of anilines is 1. The summed E-state index contributed by atoms with van der Waals surface area (Å²) in [6.45, 7) is 1.94. The zero-order valence-electron chi connectivity index (χ0n) is 12.2. The molecule has 0 fully saturated rings. The first-order valence-corrected chi connectivity index (χ1v) is 7.34. The number of ether oxygens (including phenoxy) is 1. The Morgan fingerprint density at radius 1 is 1.18 bits per heavy atom. The van der Waals surface area contributed by atoms with Crippen LogP contribution in [0.25, 0.3) is 6.08 Å². The van der Waals surface area contributed by atoms with Gasteiger partial charge in [-0.25, -0.2) is 0 Å². The van der Waals surface area contributed by atoms with Crippen LogP contribution in [0.3, 0.4) is 0 Å². The molecular weight excluding hydrogens is 321 g/mol. The molecule has 0 aliphatic rings. The van der Waals surface area contributed by atoms with Gasteiger partial charge in [0.15, 0.2) is 0 Å². The van der Waals surface area contributed by atoms with Gasteiger partial charge in [0, 0.05) is 21.7 Å². The minimum Gasteiger partial charge on any atom is -0.495 e. The maximum absolute atomic E-state index is 12.0. The Bertz CT molecular complexity index is 706. The van der Waals surface area contributed by atoms with E-state index in [0.29, 0.717) is 27.0 Å². The van der Waals surface area contributed by atoms with Gasteiger partial charge >= 0.3 is 0 Å². The van der Waals surface area contributed by atoms with E-state index in [2.05, 4.69) is 5.32 Å². The fourth-order valence-corrected chi connectivity index (χ4v) is 2.45. The standard InChI is InChI=1S/C17H15Cl2NO2/c1-11-6-8-16(22-2)15(10-11)20-17(21)9-7-12-13(18)4-3-5-14(12)19/h3-10H,1-2H3,(H,20,21). The molecule has 2 rings (SSSR count). The van der Waals surface area contributed by atoms with Crippen LogP contribution in [0.2, 0.25) is 10.0 Å². The van der Waals surface area contributed by atoms with Gasteiger partial charge in [-0.1, -0.05) is 35.3 Å². The molecule has 5 heteroatoms. The maximum Gasteiger partial charge on any atom is 0.248 e. The molecule has 0 aliphatic carbocycles. The minimum atomic E-state index is -0.292. The molecule has 0 atom stereocenters. The smallest absolute Gasteiger partial charge is 0.248 e. The predicted octanol–water partition coefficient (Wildman–Crippen LogP) is 4.96. The third kappa shape index (κ3) is 4.03. The summed E-state index contributed by atoms with van der Waals surface area (Å²) in [6.07, 6.45) is 2.97. The number of rotatable bonds is 4. The van der Waals surface area contributed by atoms with Crippen molar-refractivity contribution < 1.29 is 9.53 Å². The molecule has 0 bridgehead atoms. The number of benzene rings is 2. The molecule has 1 N–H and O–H groups in total. The van der Waals surface area contributed by atoms with Crippen LogP contribution < -0.4 is 10.1 Å². The molecule has 114 valence electrons. The minimum absolute atomic E-state index is 0.292. The van der Waals surface area contributed by atoms with E-state index >= 15 is 0 Å². The number of hydrogen-bond acceptors (Lipinski definition) is 2. The molecule has 0 radical (unpaired) electrons. The van der Waals surface area contributed by atoms with Crippen LogP contribution in [0.15, 0.2) is 42.5 Å². The first-order chi connectivity index (χ1) is 10.5. The van der Waals surface area contributed by atoms with Gasteiger partial charge in [-0.05, 0) is 42.8 Å². The number of carbonyl (C=O) groups excluding carboxylic acids is 1. The van der Waals surface area contributed by atoms with Crippen molar-refractivity contribution in [2.24, 2.45) is 0 Å². The molecule has 0 aromatic heterocycles. The lowest BCUT2D eigenvalue weighted by atomic mass is 10.2. The summed E-state index contributed by atoms with van der Waals surface area (Å²) in [7, 11) is 1.56. The van der Waals surface area contributed by atoms with Crippen molar-refractivity contribution in [2.45, 2.75) is 6.92 Å². The summed E-state index contributed by atoms with van der Waals surface area (Å²) in [5.41, 5.74) is 2.24. The second-order valence-electron chi connectivity index (χ2n) is 4.66. The summed E-state index contributed by atoms with van der Waals surface area (Å²) in [6, 6.07) is 10.7. The van der Waals surface area contributed by atoms with Gasteiger partial charge in [0.05, 0.1) is 12.8 Å². The summed E-state index contributed by atoms with van der Waals surface area (Å²) >= 11 is 12.1. The number of nitrogens with one attached hydrogen (secondary N) is 1. The number of methoxy groups -OCH3 is 1. The summed E-state index contributed by atoms with van der Waals surface area (Å²) < 4.78 is 5.22. The van der Waals surface area contributed by atoms with Gasteiger partial charge in [-0.15, -0.1) is 0 Å². The van der Waals surface area contributed by atoms with Crippen LogP contribution >= 0.6 is 23.2 Å². The third-order valence-corrected chi connectivity index (χ3v) is 3.67. The lowest BCUT2D eigenvalue weighted by Gasteiger charge is -2.09. The average Bonchev–Trinajstić information content (AvgIpc) is 2.47. The van der Waals surface area contributed by atoms with E-state index in [4.69, 9.17) is 27.9 Å². The molecule has 1 amide bonds. The van der Waals surface area contributed by atoms with Crippen LogP contribution in [0.4, 0.5) is 5.69 Å². The number of halogens is 2. The summed E-state index contributed by atoms with van der Waals surface area (Å²) in [4.78, 5) is 12.0. The Morgan fingerprint density at radius 2 is 1.86 bits per heavy atom. The fourth-order valence-electron chi connectivity index (χ4n) is 1.92. The van der Waals surface area contributed by atoms with Gasteiger partial charge in [0.1, 0.15) is 5.75 Å². The van der Waals surface area contributed by atoms with E-state index in [1.165, 1.54) is 6.08 Å². The van der Waals surface area contributed by atoms with Crippen LogP contribution in [0, 0.1) is 6.92 Å². The van der Waals surface area contributed by atoms with Gasteiger partial charge in [-0.2, -0.15) is 0 Å². The van der Waals surface area contributed by atoms with Gasteiger partial charge in [0.25, 0.3) is 0 Å². The maximum atomic E-state index is 12.0. The number of carbonyl (C=O) groups is 1. The Labute approximate surface area is 139 Å². The highest BCUT2D eigenvalue weighted by atomic mass is 35.5. The van der Waals surface area contributed by atoms with Crippen molar-refractivity contribution in [2.75, 3.05) is 12.4 Å². The normalized spacial score (nSPS) is 10.7. The molecule has 0 heterocycles. The molecule has 3 nitrogen and oxygen atoms in total. The van der Waals surface area contributed by atoms with Crippen LogP contribution in [0.1, 0.15) is 11.1 Å². The van der Waals surface area contributed by atoms with Gasteiger partial charge in [-0.3, -0.25) is 4.79 Å². The number of amides is 1. The van der Waals surface area contributed by atoms with E-state index in [-0.39, 0.29) is 5.91 Å². The molecule has 2 aromatic rings. The van der Waals surface area contributed by atoms with E-state index < -0.39 is 0 Å².